The molecule has 0 heterocycles. The third-order valence-electron chi connectivity index (χ3n) is 3.03. The van der Waals surface area contributed by atoms with Crippen LogP contribution in [0.2, 0.25) is 15.1 Å². The van der Waals surface area contributed by atoms with Crippen molar-refractivity contribution in [3.8, 4) is 5.75 Å². The SMILES string of the molecule is Cc1ccc(Cl)c(NC(=O)COc2ccc(Cl)cc2[N+](=O)[O-])c1Cl. The van der Waals surface area contributed by atoms with Crippen LogP contribution in [0, 0.1) is 17.0 Å². The molecule has 0 aliphatic rings. The standard InChI is InChI=1S/C15H11Cl3N2O4/c1-8-2-4-10(17)15(14(8)18)19-13(21)7-24-12-5-3-9(16)6-11(12)20(22)23/h2-6H,7H2,1H3,(H,19,21). The van der Waals surface area contributed by atoms with Gasteiger partial charge in [0.1, 0.15) is 0 Å². The lowest BCUT2D eigenvalue weighted by molar-refractivity contribution is -0.385. The second-order valence-corrected chi connectivity index (χ2v) is 5.98. The Bertz CT molecular complexity index is 812. The summed E-state index contributed by atoms with van der Waals surface area (Å²) < 4.78 is 5.20. The molecular formula is C15H11Cl3N2O4. The van der Waals surface area contributed by atoms with E-state index in [1.165, 1.54) is 12.1 Å². The maximum Gasteiger partial charge on any atom is 0.312 e. The van der Waals surface area contributed by atoms with Crippen LogP contribution in [0.3, 0.4) is 0 Å². The molecule has 0 aromatic heterocycles. The largest absolute Gasteiger partial charge is 0.477 e. The Morgan fingerprint density at radius 2 is 1.96 bits per heavy atom. The fraction of sp³-hybridized carbons (Fsp3) is 0.133. The molecule has 0 radical (unpaired) electrons. The van der Waals surface area contributed by atoms with Gasteiger partial charge in [0.15, 0.2) is 12.4 Å². The highest BCUT2D eigenvalue weighted by atomic mass is 35.5. The second kappa shape index (κ2) is 7.70. The van der Waals surface area contributed by atoms with Gasteiger partial charge in [0, 0.05) is 11.1 Å². The molecule has 0 atom stereocenters. The number of nitro benzene ring substituents is 1. The maximum atomic E-state index is 12.0. The van der Waals surface area contributed by atoms with E-state index in [9.17, 15) is 14.9 Å². The minimum Gasteiger partial charge on any atom is -0.477 e. The van der Waals surface area contributed by atoms with Gasteiger partial charge in [-0.25, -0.2) is 0 Å². The first-order chi connectivity index (χ1) is 11.3. The van der Waals surface area contributed by atoms with Crippen LogP contribution < -0.4 is 10.1 Å². The lowest BCUT2D eigenvalue weighted by atomic mass is 10.2. The molecule has 0 aliphatic carbocycles. The number of benzene rings is 2. The number of nitro groups is 1. The van der Waals surface area contributed by atoms with Crippen LogP contribution in [-0.2, 0) is 4.79 Å². The summed E-state index contributed by atoms with van der Waals surface area (Å²) in [6.45, 7) is 1.31. The molecule has 126 valence electrons. The average Bonchev–Trinajstić information content (AvgIpc) is 2.54. The zero-order chi connectivity index (χ0) is 17.9. The molecule has 1 N–H and O–H groups in total. The molecule has 0 saturated carbocycles. The van der Waals surface area contributed by atoms with Crippen LogP contribution in [0.15, 0.2) is 30.3 Å². The van der Waals surface area contributed by atoms with E-state index in [0.29, 0.717) is 5.02 Å². The smallest absolute Gasteiger partial charge is 0.312 e. The number of hydrogen-bond acceptors (Lipinski definition) is 4. The molecule has 24 heavy (non-hydrogen) atoms. The Labute approximate surface area is 152 Å². The summed E-state index contributed by atoms with van der Waals surface area (Å²) in [4.78, 5) is 22.3. The van der Waals surface area contributed by atoms with Gasteiger partial charge in [-0.15, -0.1) is 0 Å². The van der Waals surface area contributed by atoms with Gasteiger partial charge in [0.2, 0.25) is 0 Å². The molecule has 6 nitrogen and oxygen atoms in total. The van der Waals surface area contributed by atoms with Crippen LogP contribution in [0.4, 0.5) is 11.4 Å². The highest BCUT2D eigenvalue weighted by Crippen LogP contribution is 2.33. The van der Waals surface area contributed by atoms with E-state index < -0.39 is 17.4 Å². The third-order valence-corrected chi connectivity index (χ3v) is 4.06. The number of aryl methyl sites for hydroxylation is 1. The van der Waals surface area contributed by atoms with Gasteiger partial charge in [-0.3, -0.25) is 14.9 Å². The zero-order valence-corrected chi connectivity index (χ0v) is 14.6. The van der Waals surface area contributed by atoms with Crippen molar-refractivity contribution in [3.05, 3.63) is 61.1 Å². The highest BCUT2D eigenvalue weighted by molar-refractivity contribution is 6.40. The molecule has 0 fully saturated rings. The second-order valence-electron chi connectivity index (χ2n) is 4.76. The number of carbonyl (C=O) groups excluding carboxylic acids is 1. The lowest BCUT2D eigenvalue weighted by Crippen LogP contribution is -2.21. The van der Waals surface area contributed by atoms with Gasteiger partial charge in [-0.2, -0.15) is 0 Å². The molecule has 0 bridgehead atoms. The van der Waals surface area contributed by atoms with Crippen molar-refractivity contribution in [2.24, 2.45) is 0 Å². The van der Waals surface area contributed by atoms with Crippen molar-refractivity contribution in [3.63, 3.8) is 0 Å². The Morgan fingerprint density at radius 1 is 1.25 bits per heavy atom. The minimum atomic E-state index is -0.645. The summed E-state index contributed by atoms with van der Waals surface area (Å²) in [7, 11) is 0. The fourth-order valence-corrected chi connectivity index (χ4v) is 2.48. The summed E-state index contributed by atoms with van der Waals surface area (Å²) in [6, 6.07) is 7.21. The van der Waals surface area contributed by atoms with E-state index in [1.54, 1.807) is 19.1 Å². The predicted octanol–water partition coefficient (Wildman–Crippen LogP) is 4.88. The van der Waals surface area contributed by atoms with Gasteiger partial charge >= 0.3 is 5.69 Å². The van der Waals surface area contributed by atoms with E-state index in [-0.39, 0.29) is 27.2 Å². The summed E-state index contributed by atoms with van der Waals surface area (Å²) in [6.07, 6.45) is 0. The Kier molecular flexibility index (Phi) is 5.88. The molecule has 0 saturated heterocycles. The summed E-state index contributed by atoms with van der Waals surface area (Å²) in [5, 5.41) is 14.3. The number of ether oxygens (including phenoxy) is 1. The third kappa shape index (κ3) is 4.29. The van der Waals surface area contributed by atoms with E-state index in [1.807, 2.05) is 0 Å². The number of rotatable bonds is 5. The molecule has 9 heteroatoms. The first-order valence-corrected chi connectivity index (χ1v) is 7.74. The number of nitrogens with zero attached hydrogens (tertiary/aromatic N) is 1. The van der Waals surface area contributed by atoms with Crippen LogP contribution in [0.5, 0.6) is 5.75 Å². The van der Waals surface area contributed by atoms with Gasteiger partial charge in [0.25, 0.3) is 5.91 Å². The molecule has 2 aromatic rings. The van der Waals surface area contributed by atoms with Gasteiger partial charge in [-0.1, -0.05) is 40.9 Å². The summed E-state index contributed by atoms with van der Waals surface area (Å²) in [5.41, 5.74) is 0.671. The van der Waals surface area contributed by atoms with Crippen molar-refractivity contribution in [2.45, 2.75) is 6.92 Å². The van der Waals surface area contributed by atoms with Crippen LogP contribution >= 0.6 is 34.8 Å². The Hall–Kier alpha value is -2.02. The number of amides is 1. The van der Waals surface area contributed by atoms with E-state index in [4.69, 9.17) is 39.5 Å². The molecular weight excluding hydrogens is 379 g/mol. The van der Waals surface area contributed by atoms with Crippen molar-refractivity contribution in [2.75, 3.05) is 11.9 Å². The van der Waals surface area contributed by atoms with Crippen molar-refractivity contribution >= 4 is 52.1 Å². The topological polar surface area (TPSA) is 81.5 Å². The Morgan fingerprint density at radius 3 is 2.62 bits per heavy atom. The van der Waals surface area contributed by atoms with Crippen LogP contribution in [-0.4, -0.2) is 17.4 Å². The highest BCUT2D eigenvalue weighted by Gasteiger charge is 2.18. The monoisotopic (exact) mass is 388 g/mol. The number of hydrogen-bond donors (Lipinski definition) is 1. The van der Waals surface area contributed by atoms with Gasteiger partial charge in [-0.05, 0) is 30.7 Å². The molecule has 2 aromatic carbocycles. The van der Waals surface area contributed by atoms with Gasteiger partial charge in [0.05, 0.1) is 20.7 Å². The van der Waals surface area contributed by atoms with Gasteiger partial charge < -0.3 is 10.1 Å². The van der Waals surface area contributed by atoms with Crippen molar-refractivity contribution in [1.82, 2.24) is 0 Å². The van der Waals surface area contributed by atoms with E-state index in [2.05, 4.69) is 5.32 Å². The van der Waals surface area contributed by atoms with Crippen molar-refractivity contribution in [1.29, 1.82) is 0 Å². The first kappa shape index (κ1) is 18.3. The van der Waals surface area contributed by atoms with Crippen LogP contribution in [0.1, 0.15) is 5.56 Å². The number of nitrogens with one attached hydrogen (secondary N) is 1. The minimum absolute atomic E-state index is 0.0685. The fourth-order valence-electron chi connectivity index (χ4n) is 1.85. The summed E-state index contributed by atoms with van der Waals surface area (Å²) >= 11 is 17.8. The average molecular weight is 390 g/mol. The molecule has 0 aliphatic heterocycles. The zero-order valence-electron chi connectivity index (χ0n) is 12.3. The Balaban J connectivity index is 2.10. The van der Waals surface area contributed by atoms with E-state index in [0.717, 1.165) is 11.6 Å². The number of halogens is 3. The van der Waals surface area contributed by atoms with Crippen LogP contribution in [0.25, 0.3) is 0 Å². The molecule has 0 spiro atoms. The first-order valence-electron chi connectivity index (χ1n) is 6.60. The molecule has 1 amide bonds. The van der Waals surface area contributed by atoms with Crippen molar-refractivity contribution < 1.29 is 14.5 Å². The van der Waals surface area contributed by atoms with E-state index >= 15 is 0 Å². The normalized spacial score (nSPS) is 10.3. The number of anilines is 1. The number of carbonyl (C=O) groups is 1. The lowest BCUT2D eigenvalue weighted by Gasteiger charge is -2.12. The summed E-state index contributed by atoms with van der Waals surface area (Å²) in [5.74, 6) is -0.630. The maximum absolute atomic E-state index is 12.0. The molecule has 0 unspecified atom stereocenters. The predicted molar refractivity (Wildman–Crippen MR) is 93.4 cm³/mol. The molecule has 2 rings (SSSR count). The quantitative estimate of drug-likeness (QED) is 0.583.